The van der Waals surface area contributed by atoms with Crippen LogP contribution in [0.1, 0.15) is 0 Å². The summed E-state index contributed by atoms with van der Waals surface area (Å²) in [5.41, 5.74) is -0.897. The Kier molecular flexibility index (Phi) is 3.31. The van der Waals surface area contributed by atoms with Gasteiger partial charge >= 0.3 is 0 Å². The Balaban J connectivity index is 3.72. The van der Waals surface area contributed by atoms with Gasteiger partial charge in [-0.05, 0) is 22.0 Å². The lowest BCUT2D eigenvalue weighted by Crippen LogP contribution is -2.02. The normalized spacial score (nSPS) is 11.4. The number of benzene rings is 1. The standard InChI is InChI=1S/C6H2BrClFNO4S/c7-3-1-2-4(10(11)12)6(5(3)9)15(8,13)14/h1-2H. The molecule has 0 aromatic heterocycles. The predicted molar refractivity (Wildman–Crippen MR) is 53.8 cm³/mol. The Morgan fingerprint density at radius 3 is 2.40 bits per heavy atom. The van der Waals surface area contributed by atoms with E-state index in [9.17, 15) is 22.9 Å². The fraction of sp³-hybridized carbons (Fsp3) is 0. The van der Waals surface area contributed by atoms with E-state index < -0.39 is 30.4 Å². The molecule has 15 heavy (non-hydrogen) atoms. The maximum Gasteiger partial charge on any atom is 0.292 e. The second kappa shape index (κ2) is 4.03. The van der Waals surface area contributed by atoms with E-state index in [0.717, 1.165) is 12.1 Å². The molecule has 1 aromatic rings. The average Bonchev–Trinajstić information content (AvgIpc) is 2.06. The number of halogens is 3. The number of nitrogens with zero attached hydrogens (tertiary/aromatic N) is 1. The van der Waals surface area contributed by atoms with Crippen LogP contribution in [0, 0.1) is 15.9 Å². The lowest BCUT2D eigenvalue weighted by molar-refractivity contribution is -0.388. The molecule has 0 saturated heterocycles. The molecule has 9 heteroatoms. The molecule has 0 saturated carbocycles. The van der Waals surface area contributed by atoms with Crippen molar-refractivity contribution in [1.29, 1.82) is 0 Å². The average molecular weight is 319 g/mol. The zero-order chi connectivity index (χ0) is 11.8. The first-order valence-corrected chi connectivity index (χ1v) is 6.42. The molecule has 0 bridgehead atoms. The Labute approximate surface area is 96.5 Å². The fourth-order valence-corrected chi connectivity index (χ4v) is 2.52. The topological polar surface area (TPSA) is 77.3 Å². The molecule has 5 nitrogen and oxygen atoms in total. The van der Waals surface area contributed by atoms with Crippen LogP contribution in [0.4, 0.5) is 10.1 Å². The zero-order valence-corrected chi connectivity index (χ0v) is 9.94. The van der Waals surface area contributed by atoms with Gasteiger partial charge in [-0.1, -0.05) is 0 Å². The van der Waals surface area contributed by atoms with Crippen molar-refractivity contribution in [2.24, 2.45) is 0 Å². The molecule has 0 radical (unpaired) electrons. The van der Waals surface area contributed by atoms with Crippen LogP contribution < -0.4 is 0 Å². The molecular formula is C6H2BrClFNO4S. The van der Waals surface area contributed by atoms with Crippen molar-refractivity contribution in [1.82, 2.24) is 0 Å². The van der Waals surface area contributed by atoms with Crippen molar-refractivity contribution in [3.05, 3.63) is 32.5 Å². The van der Waals surface area contributed by atoms with Crippen LogP contribution in [-0.4, -0.2) is 13.3 Å². The highest BCUT2D eigenvalue weighted by molar-refractivity contribution is 9.10. The highest BCUT2D eigenvalue weighted by Gasteiger charge is 2.29. The minimum Gasteiger partial charge on any atom is -0.258 e. The Hall–Kier alpha value is -0.730. The third kappa shape index (κ3) is 2.44. The molecule has 82 valence electrons. The first-order chi connectivity index (χ1) is 6.75. The molecule has 0 unspecified atom stereocenters. The summed E-state index contributed by atoms with van der Waals surface area (Å²) in [6, 6.07) is 1.88. The minimum absolute atomic E-state index is 0.215. The van der Waals surface area contributed by atoms with E-state index in [1.165, 1.54) is 0 Å². The van der Waals surface area contributed by atoms with E-state index in [-0.39, 0.29) is 4.47 Å². The van der Waals surface area contributed by atoms with Gasteiger partial charge in [0.1, 0.15) is 0 Å². The summed E-state index contributed by atoms with van der Waals surface area (Å²) >= 11 is 2.70. The number of hydrogen-bond acceptors (Lipinski definition) is 4. The van der Waals surface area contributed by atoms with Crippen LogP contribution in [0.5, 0.6) is 0 Å². The quantitative estimate of drug-likeness (QED) is 0.476. The zero-order valence-electron chi connectivity index (χ0n) is 6.78. The molecule has 1 rings (SSSR count). The second-order valence-corrected chi connectivity index (χ2v) is 5.76. The van der Waals surface area contributed by atoms with Crippen molar-refractivity contribution in [2.45, 2.75) is 4.90 Å². The van der Waals surface area contributed by atoms with Crippen molar-refractivity contribution in [2.75, 3.05) is 0 Å². The van der Waals surface area contributed by atoms with Crippen LogP contribution in [-0.2, 0) is 9.05 Å². The minimum atomic E-state index is -4.51. The monoisotopic (exact) mass is 317 g/mol. The Bertz CT molecular complexity index is 532. The van der Waals surface area contributed by atoms with Crippen LogP contribution in [0.15, 0.2) is 21.5 Å². The molecule has 0 aliphatic carbocycles. The summed E-state index contributed by atoms with van der Waals surface area (Å²) < 4.78 is 35.0. The van der Waals surface area contributed by atoms with Crippen LogP contribution >= 0.6 is 26.6 Å². The van der Waals surface area contributed by atoms with Crippen LogP contribution in [0.25, 0.3) is 0 Å². The van der Waals surface area contributed by atoms with Crippen molar-refractivity contribution >= 4 is 41.4 Å². The molecule has 0 aliphatic rings. The summed E-state index contributed by atoms with van der Waals surface area (Å²) in [7, 11) is 0.386. The fourth-order valence-electron chi connectivity index (χ4n) is 0.898. The van der Waals surface area contributed by atoms with E-state index in [0.29, 0.717) is 0 Å². The molecule has 0 amide bonds. The van der Waals surface area contributed by atoms with Gasteiger partial charge in [0.15, 0.2) is 10.7 Å². The molecule has 0 heterocycles. The SMILES string of the molecule is O=[N+]([O-])c1ccc(Br)c(F)c1S(=O)(=O)Cl. The van der Waals surface area contributed by atoms with Gasteiger partial charge in [-0.2, -0.15) is 0 Å². The van der Waals surface area contributed by atoms with E-state index in [1.807, 2.05) is 0 Å². The first-order valence-electron chi connectivity index (χ1n) is 3.32. The molecule has 0 atom stereocenters. The summed E-state index contributed by atoms with van der Waals surface area (Å²) in [5, 5.41) is 10.4. The van der Waals surface area contributed by atoms with E-state index in [1.54, 1.807) is 0 Å². The van der Waals surface area contributed by atoms with E-state index >= 15 is 0 Å². The molecule has 1 aromatic carbocycles. The lowest BCUT2D eigenvalue weighted by atomic mass is 10.3. The van der Waals surface area contributed by atoms with Gasteiger partial charge in [0.25, 0.3) is 14.7 Å². The third-order valence-electron chi connectivity index (χ3n) is 1.47. The number of nitro groups is 1. The van der Waals surface area contributed by atoms with Crippen molar-refractivity contribution in [3.8, 4) is 0 Å². The predicted octanol–water partition coefficient (Wildman–Crippen LogP) is 2.42. The Morgan fingerprint density at radius 1 is 1.47 bits per heavy atom. The number of rotatable bonds is 2. The molecule has 0 N–H and O–H groups in total. The molecule has 0 spiro atoms. The highest BCUT2D eigenvalue weighted by atomic mass is 79.9. The second-order valence-electron chi connectivity index (χ2n) is 2.40. The van der Waals surface area contributed by atoms with Gasteiger partial charge in [-0.15, -0.1) is 0 Å². The van der Waals surface area contributed by atoms with Gasteiger partial charge in [-0.3, -0.25) is 10.1 Å². The van der Waals surface area contributed by atoms with Gasteiger partial charge in [0.2, 0.25) is 0 Å². The van der Waals surface area contributed by atoms with E-state index in [2.05, 4.69) is 15.9 Å². The van der Waals surface area contributed by atoms with Crippen molar-refractivity contribution < 1.29 is 17.7 Å². The summed E-state index contributed by atoms with van der Waals surface area (Å²) in [4.78, 5) is 8.27. The van der Waals surface area contributed by atoms with Crippen LogP contribution in [0.2, 0.25) is 0 Å². The van der Waals surface area contributed by atoms with Crippen LogP contribution in [0.3, 0.4) is 0 Å². The summed E-state index contributed by atoms with van der Waals surface area (Å²) in [5.74, 6) is -1.28. The Morgan fingerprint density at radius 2 is 2.00 bits per heavy atom. The largest absolute Gasteiger partial charge is 0.292 e. The van der Waals surface area contributed by atoms with Gasteiger partial charge in [0, 0.05) is 16.7 Å². The maximum absolute atomic E-state index is 13.3. The van der Waals surface area contributed by atoms with E-state index in [4.69, 9.17) is 10.7 Å². The smallest absolute Gasteiger partial charge is 0.258 e. The van der Waals surface area contributed by atoms with Gasteiger partial charge < -0.3 is 0 Å². The maximum atomic E-state index is 13.3. The number of hydrogen-bond donors (Lipinski definition) is 0. The third-order valence-corrected chi connectivity index (χ3v) is 3.42. The van der Waals surface area contributed by atoms with Gasteiger partial charge in [0.05, 0.1) is 9.40 Å². The number of nitro benzene ring substituents is 1. The molecular weight excluding hydrogens is 316 g/mol. The summed E-state index contributed by atoms with van der Waals surface area (Å²) in [6.45, 7) is 0. The van der Waals surface area contributed by atoms with Gasteiger partial charge in [-0.25, -0.2) is 12.8 Å². The highest BCUT2D eigenvalue weighted by Crippen LogP contribution is 2.33. The lowest BCUT2D eigenvalue weighted by Gasteiger charge is -2.01. The molecule has 0 aliphatic heterocycles. The molecule has 0 fully saturated rings. The first kappa shape index (κ1) is 12.3. The van der Waals surface area contributed by atoms with Crippen molar-refractivity contribution in [3.63, 3.8) is 0 Å². The summed E-state index contributed by atoms with van der Waals surface area (Å²) in [6.07, 6.45) is 0.